The summed E-state index contributed by atoms with van der Waals surface area (Å²) < 4.78 is 11.1. The molecular formula is C13H27NO2. The van der Waals surface area contributed by atoms with Gasteiger partial charge in [-0.25, -0.2) is 0 Å². The molecule has 0 radical (unpaired) electrons. The Morgan fingerprint density at radius 1 is 1.25 bits per heavy atom. The molecule has 1 saturated carbocycles. The molecule has 0 aromatic carbocycles. The highest BCUT2D eigenvalue weighted by Gasteiger charge is 2.30. The van der Waals surface area contributed by atoms with Crippen LogP contribution in [0.25, 0.3) is 0 Å². The lowest BCUT2D eigenvalue weighted by Crippen LogP contribution is -2.43. The van der Waals surface area contributed by atoms with Crippen molar-refractivity contribution in [1.29, 1.82) is 0 Å². The van der Waals surface area contributed by atoms with Gasteiger partial charge >= 0.3 is 0 Å². The average molecular weight is 229 g/mol. The van der Waals surface area contributed by atoms with E-state index in [0.717, 1.165) is 31.3 Å². The van der Waals surface area contributed by atoms with E-state index in [9.17, 15) is 0 Å². The van der Waals surface area contributed by atoms with Crippen LogP contribution in [0.2, 0.25) is 0 Å². The van der Waals surface area contributed by atoms with Crippen LogP contribution in [0.1, 0.15) is 40.0 Å². The van der Waals surface area contributed by atoms with Gasteiger partial charge in [0.2, 0.25) is 0 Å². The number of hydrogen-bond acceptors (Lipinski definition) is 3. The Morgan fingerprint density at radius 3 is 2.62 bits per heavy atom. The minimum Gasteiger partial charge on any atom is -0.379 e. The lowest BCUT2D eigenvalue weighted by molar-refractivity contribution is -0.0321. The molecular weight excluding hydrogens is 202 g/mol. The zero-order valence-electron chi connectivity index (χ0n) is 10.9. The van der Waals surface area contributed by atoms with E-state index in [1.165, 1.54) is 6.42 Å². The van der Waals surface area contributed by atoms with Crippen LogP contribution in [-0.2, 0) is 9.47 Å². The van der Waals surface area contributed by atoms with Crippen LogP contribution >= 0.6 is 0 Å². The monoisotopic (exact) mass is 229 g/mol. The SMILES string of the molecule is CCOCCOC1CC(C(C)C)CCC1N. The minimum absolute atomic E-state index is 0.219. The summed E-state index contributed by atoms with van der Waals surface area (Å²) in [5.74, 6) is 1.52. The van der Waals surface area contributed by atoms with Gasteiger partial charge in [0.15, 0.2) is 0 Å². The van der Waals surface area contributed by atoms with Gasteiger partial charge in [-0.3, -0.25) is 0 Å². The van der Waals surface area contributed by atoms with Crippen molar-refractivity contribution in [1.82, 2.24) is 0 Å². The number of nitrogens with two attached hydrogens (primary N) is 1. The molecule has 0 aliphatic heterocycles. The van der Waals surface area contributed by atoms with Crippen LogP contribution in [0.5, 0.6) is 0 Å². The van der Waals surface area contributed by atoms with Gasteiger partial charge in [-0.15, -0.1) is 0 Å². The van der Waals surface area contributed by atoms with Crippen molar-refractivity contribution < 1.29 is 9.47 Å². The van der Waals surface area contributed by atoms with E-state index in [4.69, 9.17) is 15.2 Å². The standard InChI is InChI=1S/C13H27NO2/c1-4-15-7-8-16-13-9-11(10(2)3)5-6-12(13)14/h10-13H,4-9,14H2,1-3H3. The summed E-state index contributed by atoms with van der Waals surface area (Å²) in [7, 11) is 0. The zero-order valence-corrected chi connectivity index (χ0v) is 10.9. The van der Waals surface area contributed by atoms with Gasteiger partial charge in [0.05, 0.1) is 19.3 Å². The molecule has 1 rings (SSSR count). The maximum absolute atomic E-state index is 6.09. The molecule has 2 N–H and O–H groups in total. The molecule has 1 aliphatic rings. The summed E-state index contributed by atoms with van der Waals surface area (Å²) in [6, 6.07) is 0.219. The Hall–Kier alpha value is -0.120. The van der Waals surface area contributed by atoms with Crippen molar-refractivity contribution in [2.24, 2.45) is 17.6 Å². The van der Waals surface area contributed by atoms with Crippen LogP contribution in [0.4, 0.5) is 0 Å². The second kappa shape index (κ2) is 7.25. The first-order valence-corrected chi connectivity index (χ1v) is 6.60. The molecule has 0 aromatic rings. The number of ether oxygens (including phenoxy) is 2. The Bertz CT molecular complexity index is 185. The van der Waals surface area contributed by atoms with Gasteiger partial charge in [0.1, 0.15) is 0 Å². The van der Waals surface area contributed by atoms with Gasteiger partial charge in [-0.1, -0.05) is 13.8 Å². The van der Waals surface area contributed by atoms with Crippen molar-refractivity contribution in [3.8, 4) is 0 Å². The zero-order chi connectivity index (χ0) is 12.0. The van der Waals surface area contributed by atoms with Crippen LogP contribution in [0, 0.1) is 11.8 Å². The van der Waals surface area contributed by atoms with Gasteiger partial charge in [-0.2, -0.15) is 0 Å². The molecule has 0 saturated heterocycles. The molecule has 0 bridgehead atoms. The molecule has 3 unspecified atom stereocenters. The van der Waals surface area contributed by atoms with Gasteiger partial charge in [-0.05, 0) is 38.0 Å². The minimum atomic E-state index is 0.219. The van der Waals surface area contributed by atoms with E-state index in [1.807, 2.05) is 6.92 Å². The lowest BCUT2D eigenvalue weighted by Gasteiger charge is -2.35. The molecule has 1 fully saturated rings. The average Bonchev–Trinajstić information content (AvgIpc) is 2.26. The Morgan fingerprint density at radius 2 is 2.00 bits per heavy atom. The van der Waals surface area contributed by atoms with Crippen molar-refractivity contribution in [2.45, 2.75) is 52.2 Å². The van der Waals surface area contributed by atoms with Crippen molar-refractivity contribution in [2.75, 3.05) is 19.8 Å². The number of rotatable bonds is 6. The van der Waals surface area contributed by atoms with Crippen LogP contribution in [-0.4, -0.2) is 32.0 Å². The third-order valence-corrected chi connectivity index (χ3v) is 3.59. The first-order valence-electron chi connectivity index (χ1n) is 6.60. The Balaban J connectivity index is 2.26. The molecule has 0 spiro atoms. The van der Waals surface area contributed by atoms with Crippen LogP contribution < -0.4 is 5.73 Å². The third-order valence-electron chi connectivity index (χ3n) is 3.59. The smallest absolute Gasteiger partial charge is 0.0729 e. The summed E-state index contributed by atoms with van der Waals surface area (Å²) in [6.45, 7) is 8.70. The fourth-order valence-electron chi connectivity index (χ4n) is 2.38. The second-order valence-electron chi connectivity index (χ2n) is 5.09. The maximum atomic E-state index is 6.09. The van der Waals surface area contributed by atoms with Crippen LogP contribution in [0.15, 0.2) is 0 Å². The fourth-order valence-corrected chi connectivity index (χ4v) is 2.38. The summed E-state index contributed by atoms with van der Waals surface area (Å²) in [4.78, 5) is 0. The molecule has 3 heteroatoms. The highest BCUT2D eigenvalue weighted by atomic mass is 16.5. The second-order valence-corrected chi connectivity index (χ2v) is 5.09. The Kier molecular flexibility index (Phi) is 6.32. The van der Waals surface area contributed by atoms with E-state index < -0.39 is 0 Å². The van der Waals surface area contributed by atoms with Crippen molar-refractivity contribution in [3.63, 3.8) is 0 Å². The van der Waals surface area contributed by atoms with Gasteiger partial charge in [0.25, 0.3) is 0 Å². The molecule has 96 valence electrons. The normalized spacial score (nSPS) is 30.9. The summed E-state index contributed by atoms with van der Waals surface area (Å²) in [6.07, 6.45) is 3.71. The van der Waals surface area contributed by atoms with Crippen LogP contribution in [0.3, 0.4) is 0 Å². The molecule has 1 aliphatic carbocycles. The highest BCUT2D eigenvalue weighted by Crippen LogP contribution is 2.30. The summed E-state index contributed by atoms with van der Waals surface area (Å²) in [5.41, 5.74) is 6.09. The molecule has 3 nitrogen and oxygen atoms in total. The summed E-state index contributed by atoms with van der Waals surface area (Å²) >= 11 is 0. The molecule has 3 atom stereocenters. The predicted molar refractivity (Wildman–Crippen MR) is 66.4 cm³/mol. The van der Waals surface area contributed by atoms with Crippen molar-refractivity contribution in [3.05, 3.63) is 0 Å². The number of hydrogen-bond donors (Lipinski definition) is 1. The molecule has 0 amide bonds. The van der Waals surface area contributed by atoms with E-state index in [1.54, 1.807) is 0 Å². The van der Waals surface area contributed by atoms with E-state index in [-0.39, 0.29) is 12.1 Å². The van der Waals surface area contributed by atoms with E-state index >= 15 is 0 Å². The fraction of sp³-hybridized carbons (Fsp3) is 1.00. The first kappa shape index (κ1) is 13.9. The topological polar surface area (TPSA) is 44.5 Å². The van der Waals surface area contributed by atoms with E-state index in [2.05, 4.69) is 13.8 Å². The van der Waals surface area contributed by atoms with Gasteiger partial charge in [0, 0.05) is 12.6 Å². The largest absolute Gasteiger partial charge is 0.379 e. The lowest BCUT2D eigenvalue weighted by atomic mass is 9.78. The third kappa shape index (κ3) is 4.40. The molecule has 16 heavy (non-hydrogen) atoms. The summed E-state index contributed by atoms with van der Waals surface area (Å²) in [5, 5.41) is 0. The van der Waals surface area contributed by atoms with E-state index in [0.29, 0.717) is 13.2 Å². The van der Waals surface area contributed by atoms with Gasteiger partial charge < -0.3 is 15.2 Å². The Labute approximate surface area is 99.7 Å². The first-order chi connectivity index (χ1) is 7.65. The maximum Gasteiger partial charge on any atom is 0.0729 e. The van der Waals surface area contributed by atoms with Crippen molar-refractivity contribution >= 4 is 0 Å². The highest BCUT2D eigenvalue weighted by molar-refractivity contribution is 4.84. The molecule has 0 heterocycles. The quantitative estimate of drug-likeness (QED) is 0.710. The molecule has 0 aromatic heterocycles. The predicted octanol–water partition coefficient (Wildman–Crippen LogP) is 2.19.